The Bertz CT molecular complexity index is 670. The van der Waals surface area contributed by atoms with Gasteiger partial charge in [0, 0.05) is 12.7 Å². The lowest BCUT2D eigenvalue weighted by atomic mass is 9.69. The van der Waals surface area contributed by atoms with Crippen molar-refractivity contribution in [3.05, 3.63) is 47.6 Å². The van der Waals surface area contributed by atoms with Gasteiger partial charge in [0.25, 0.3) is 0 Å². The molecule has 142 valence electrons. The molecule has 3 atom stereocenters. The van der Waals surface area contributed by atoms with Crippen LogP contribution in [0.2, 0.25) is 0 Å². The third-order valence-electron chi connectivity index (χ3n) is 5.68. The summed E-state index contributed by atoms with van der Waals surface area (Å²) in [6.07, 6.45) is 10.4. The third-order valence-corrected chi connectivity index (χ3v) is 5.68. The first-order valence-electron chi connectivity index (χ1n) is 8.99. The van der Waals surface area contributed by atoms with Crippen LogP contribution in [0, 0.1) is 11.3 Å². The van der Waals surface area contributed by atoms with E-state index in [1.54, 1.807) is 18.2 Å². The molecule has 0 saturated carbocycles. The number of carboxylic acid groups (broad SMARTS) is 1. The minimum atomic E-state index is -0.935. The van der Waals surface area contributed by atoms with E-state index < -0.39 is 12.3 Å². The van der Waals surface area contributed by atoms with Crippen molar-refractivity contribution in [2.24, 2.45) is 11.3 Å². The minimum absolute atomic E-state index is 0.00236. The first-order chi connectivity index (χ1) is 12.3. The van der Waals surface area contributed by atoms with Crippen LogP contribution in [0.3, 0.4) is 0 Å². The van der Waals surface area contributed by atoms with Gasteiger partial charge in [0.1, 0.15) is 0 Å². The molecule has 0 aromatic rings. The SMILES string of the molecule is C=C1CC[C@@H](C)[C@](C)(CCC2=CC(OC)OC2=O)C/C=C\C=C/1C(=O)O. The Hall–Kier alpha value is -2.14. The number of cyclic esters (lactones) is 1. The highest BCUT2D eigenvalue weighted by Gasteiger charge is 2.33. The van der Waals surface area contributed by atoms with Crippen LogP contribution in [0.25, 0.3) is 0 Å². The molecule has 0 aromatic carbocycles. The third kappa shape index (κ3) is 4.73. The van der Waals surface area contributed by atoms with Gasteiger partial charge in [0.15, 0.2) is 0 Å². The number of carbonyl (C=O) groups is 2. The monoisotopic (exact) mass is 360 g/mol. The fraction of sp³-hybridized carbons (Fsp3) is 0.524. The number of hydrogen-bond donors (Lipinski definition) is 1. The van der Waals surface area contributed by atoms with Gasteiger partial charge in [-0.05, 0) is 61.2 Å². The fourth-order valence-electron chi connectivity index (χ4n) is 3.43. The molecule has 0 fully saturated rings. The summed E-state index contributed by atoms with van der Waals surface area (Å²) in [6, 6.07) is 0. The molecule has 1 heterocycles. The molecule has 0 aromatic heterocycles. The maximum Gasteiger partial charge on any atom is 0.336 e. The van der Waals surface area contributed by atoms with Gasteiger partial charge >= 0.3 is 11.9 Å². The quantitative estimate of drug-likeness (QED) is 0.745. The Labute approximate surface area is 155 Å². The van der Waals surface area contributed by atoms with E-state index in [0.717, 1.165) is 19.3 Å². The number of carbonyl (C=O) groups excluding carboxylic acids is 1. The van der Waals surface area contributed by atoms with Crippen LogP contribution in [-0.2, 0) is 19.1 Å². The zero-order valence-electron chi connectivity index (χ0n) is 15.8. The molecule has 2 aliphatic rings. The van der Waals surface area contributed by atoms with Gasteiger partial charge in [0.2, 0.25) is 6.29 Å². The van der Waals surface area contributed by atoms with Crippen LogP contribution in [-0.4, -0.2) is 30.4 Å². The predicted octanol–water partition coefficient (Wildman–Crippen LogP) is 4.17. The summed E-state index contributed by atoms with van der Waals surface area (Å²) < 4.78 is 10.2. The molecule has 0 amide bonds. The number of allylic oxidation sites excluding steroid dienone is 3. The molecule has 0 spiro atoms. The highest BCUT2D eigenvalue weighted by atomic mass is 16.7. The first kappa shape index (κ1) is 20.2. The van der Waals surface area contributed by atoms with Gasteiger partial charge in [-0.1, -0.05) is 32.6 Å². The van der Waals surface area contributed by atoms with E-state index in [4.69, 9.17) is 9.47 Å². The maximum absolute atomic E-state index is 11.9. The van der Waals surface area contributed by atoms with Crippen LogP contribution in [0.4, 0.5) is 0 Å². The Balaban J connectivity index is 2.12. The molecule has 0 bridgehead atoms. The molecular weight excluding hydrogens is 332 g/mol. The summed E-state index contributed by atoms with van der Waals surface area (Å²) in [5.74, 6) is -0.880. The van der Waals surface area contributed by atoms with E-state index in [1.165, 1.54) is 7.11 Å². The molecule has 1 aliphatic heterocycles. The summed E-state index contributed by atoms with van der Waals surface area (Å²) in [4.78, 5) is 23.3. The molecule has 0 radical (unpaired) electrons. The lowest BCUT2D eigenvalue weighted by molar-refractivity contribution is -0.155. The van der Waals surface area contributed by atoms with Crippen molar-refractivity contribution in [1.82, 2.24) is 0 Å². The average molecular weight is 360 g/mol. The maximum atomic E-state index is 11.9. The van der Waals surface area contributed by atoms with Crippen molar-refractivity contribution in [1.29, 1.82) is 0 Å². The highest BCUT2D eigenvalue weighted by Crippen LogP contribution is 2.41. The molecule has 1 N–H and O–H groups in total. The topological polar surface area (TPSA) is 72.8 Å². The summed E-state index contributed by atoms with van der Waals surface area (Å²) in [5.41, 5.74) is 1.60. The van der Waals surface area contributed by atoms with Gasteiger partial charge < -0.3 is 14.6 Å². The fourth-order valence-corrected chi connectivity index (χ4v) is 3.43. The van der Waals surface area contributed by atoms with Crippen LogP contribution >= 0.6 is 0 Å². The summed E-state index contributed by atoms with van der Waals surface area (Å²) in [6.45, 7) is 8.35. The van der Waals surface area contributed by atoms with Crippen molar-refractivity contribution >= 4 is 11.9 Å². The van der Waals surface area contributed by atoms with Crippen LogP contribution in [0.5, 0.6) is 0 Å². The number of hydrogen-bond acceptors (Lipinski definition) is 4. The first-order valence-corrected chi connectivity index (χ1v) is 8.99. The number of aliphatic carboxylic acids is 1. The lowest BCUT2D eigenvalue weighted by Crippen LogP contribution is -2.26. The highest BCUT2D eigenvalue weighted by molar-refractivity contribution is 5.92. The van der Waals surface area contributed by atoms with E-state index in [2.05, 4.69) is 20.4 Å². The Morgan fingerprint density at radius 1 is 1.50 bits per heavy atom. The smallest absolute Gasteiger partial charge is 0.336 e. The molecule has 1 unspecified atom stereocenters. The molecule has 5 nitrogen and oxygen atoms in total. The van der Waals surface area contributed by atoms with E-state index in [9.17, 15) is 14.7 Å². The second kappa shape index (κ2) is 8.49. The number of esters is 1. The van der Waals surface area contributed by atoms with Crippen LogP contribution < -0.4 is 0 Å². The Kier molecular flexibility index (Phi) is 6.59. The van der Waals surface area contributed by atoms with Crippen molar-refractivity contribution in [3.8, 4) is 0 Å². The molecule has 1 aliphatic carbocycles. The van der Waals surface area contributed by atoms with Crippen LogP contribution in [0.15, 0.2) is 47.6 Å². The van der Waals surface area contributed by atoms with Gasteiger partial charge in [-0.3, -0.25) is 0 Å². The average Bonchev–Trinajstić information content (AvgIpc) is 2.96. The minimum Gasteiger partial charge on any atom is -0.478 e. The second-order valence-electron chi connectivity index (χ2n) is 7.42. The van der Waals surface area contributed by atoms with E-state index >= 15 is 0 Å². The second-order valence-corrected chi connectivity index (χ2v) is 7.42. The molecule has 2 rings (SSSR count). The van der Waals surface area contributed by atoms with Crippen molar-refractivity contribution in [3.63, 3.8) is 0 Å². The number of rotatable bonds is 5. The normalized spacial score (nSPS) is 33.0. The number of methoxy groups -OCH3 is 1. The van der Waals surface area contributed by atoms with Crippen molar-refractivity contribution < 1.29 is 24.2 Å². The van der Waals surface area contributed by atoms with Gasteiger partial charge in [-0.2, -0.15) is 0 Å². The summed E-state index contributed by atoms with van der Waals surface area (Å²) in [5, 5.41) is 9.31. The Morgan fingerprint density at radius 3 is 2.85 bits per heavy atom. The molecule has 26 heavy (non-hydrogen) atoms. The van der Waals surface area contributed by atoms with Gasteiger partial charge in [0.05, 0.1) is 5.57 Å². The number of ether oxygens (including phenoxy) is 2. The largest absolute Gasteiger partial charge is 0.478 e. The van der Waals surface area contributed by atoms with Crippen LogP contribution in [0.1, 0.15) is 46.0 Å². The summed E-state index contributed by atoms with van der Waals surface area (Å²) in [7, 11) is 1.51. The predicted molar refractivity (Wildman–Crippen MR) is 99.3 cm³/mol. The van der Waals surface area contributed by atoms with E-state index in [1.807, 2.05) is 6.08 Å². The molecule has 0 saturated heterocycles. The Morgan fingerprint density at radius 2 is 2.23 bits per heavy atom. The van der Waals surface area contributed by atoms with Gasteiger partial charge in [-0.25, -0.2) is 9.59 Å². The standard InChI is InChI=1S/C21H28O5/c1-14-8-9-15(2)21(3,11-6-5-7-17(14)19(22)23)12-10-16-13-18(25-4)26-20(16)24/h5-7,13,15,18H,1,8-12H2,2-4H3,(H,22,23)/b6-5-,17-7+/t15-,18?,21+/m1/s1. The van der Waals surface area contributed by atoms with Crippen molar-refractivity contribution in [2.45, 2.75) is 52.2 Å². The van der Waals surface area contributed by atoms with E-state index in [0.29, 0.717) is 29.9 Å². The molecule has 5 heteroatoms. The zero-order valence-corrected chi connectivity index (χ0v) is 15.8. The summed E-state index contributed by atoms with van der Waals surface area (Å²) >= 11 is 0. The molecular formula is C21H28O5. The van der Waals surface area contributed by atoms with Crippen molar-refractivity contribution in [2.75, 3.05) is 7.11 Å². The zero-order chi connectivity index (χ0) is 19.3. The lowest BCUT2D eigenvalue weighted by Gasteiger charge is -2.36. The van der Waals surface area contributed by atoms with Gasteiger partial charge in [-0.15, -0.1) is 0 Å². The van der Waals surface area contributed by atoms with E-state index in [-0.39, 0.29) is 17.0 Å². The number of carboxylic acids is 1.